The zero-order valence-corrected chi connectivity index (χ0v) is 12.5. The number of amides is 2. The van der Waals surface area contributed by atoms with Crippen LogP contribution in [0.15, 0.2) is 46.9 Å². The fourth-order valence-electron chi connectivity index (χ4n) is 1.69. The lowest BCUT2D eigenvalue weighted by molar-refractivity contribution is -0.114. The second-order valence-corrected chi connectivity index (χ2v) is 5.33. The Hall–Kier alpha value is -2.47. The molecule has 2 rings (SSSR count). The van der Waals surface area contributed by atoms with E-state index in [2.05, 4.69) is 15.8 Å². The Bertz CT molecular complexity index is 678. The van der Waals surface area contributed by atoms with Gasteiger partial charge in [0.2, 0.25) is 5.91 Å². The molecule has 0 unspecified atom stereocenters. The third-order valence-electron chi connectivity index (χ3n) is 2.67. The van der Waals surface area contributed by atoms with Gasteiger partial charge in [0.1, 0.15) is 0 Å². The average molecular weight is 301 g/mol. The van der Waals surface area contributed by atoms with E-state index < -0.39 is 0 Å². The van der Waals surface area contributed by atoms with Crippen LogP contribution in [0.4, 0.5) is 5.69 Å². The highest BCUT2D eigenvalue weighted by atomic mass is 32.1. The summed E-state index contributed by atoms with van der Waals surface area (Å²) in [5.41, 5.74) is 4.70. The van der Waals surface area contributed by atoms with Crippen molar-refractivity contribution in [3.05, 3.63) is 52.2 Å². The van der Waals surface area contributed by atoms with Crippen LogP contribution in [0.25, 0.3) is 0 Å². The van der Waals surface area contributed by atoms with E-state index in [1.165, 1.54) is 18.3 Å². The maximum atomic E-state index is 11.8. The van der Waals surface area contributed by atoms with Crippen LogP contribution in [0.1, 0.15) is 29.1 Å². The predicted octanol–water partition coefficient (Wildman–Crippen LogP) is 2.86. The average Bonchev–Trinajstić information content (AvgIpc) is 2.98. The lowest BCUT2D eigenvalue weighted by Gasteiger charge is -2.06. The topological polar surface area (TPSA) is 70.6 Å². The molecule has 0 spiro atoms. The fraction of sp³-hybridized carbons (Fsp3) is 0.133. The number of anilines is 1. The smallest absolute Gasteiger partial charge is 0.281 e. The first-order valence-corrected chi connectivity index (χ1v) is 7.20. The Labute approximate surface area is 126 Å². The number of nitrogens with zero attached hydrogens (tertiary/aromatic N) is 1. The molecule has 1 aromatic heterocycles. The van der Waals surface area contributed by atoms with Crippen LogP contribution in [0.2, 0.25) is 0 Å². The van der Waals surface area contributed by atoms with Gasteiger partial charge in [0.15, 0.2) is 0 Å². The number of nitrogens with one attached hydrogen (secondary N) is 2. The van der Waals surface area contributed by atoms with Crippen LogP contribution in [-0.4, -0.2) is 17.5 Å². The number of benzene rings is 1. The summed E-state index contributed by atoms with van der Waals surface area (Å²) in [6.07, 6.45) is 0. The van der Waals surface area contributed by atoms with E-state index in [9.17, 15) is 9.59 Å². The Balaban J connectivity index is 2.08. The van der Waals surface area contributed by atoms with E-state index >= 15 is 0 Å². The normalized spacial score (nSPS) is 11.0. The molecule has 2 N–H and O–H groups in total. The number of rotatable bonds is 4. The lowest BCUT2D eigenvalue weighted by atomic mass is 10.1. The Morgan fingerprint density at radius 2 is 1.95 bits per heavy atom. The minimum atomic E-state index is -0.234. The standard InChI is InChI=1S/C15H15N3O2S/c1-10(17-18-15(20)14-7-4-8-21-14)12-5-3-6-13(9-12)16-11(2)19/h3-9H,1-2H3,(H,16,19)(H,18,20). The first-order chi connectivity index (χ1) is 10.1. The van der Waals surface area contributed by atoms with Crippen molar-refractivity contribution in [2.24, 2.45) is 5.10 Å². The van der Waals surface area contributed by atoms with Crippen LogP contribution in [-0.2, 0) is 4.79 Å². The van der Waals surface area contributed by atoms with Crippen molar-refractivity contribution in [3.8, 4) is 0 Å². The van der Waals surface area contributed by atoms with Gasteiger partial charge in [-0.3, -0.25) is 9.59 Å². The first kappa shape index (κ1) is 14.9. The number of hydrogen-bond acceptors (Lipinski definition) is 4. The molecule has 0 atom stereocenters. The van der Waals surface area contributed by atoms with E-state index in [1.807, 2.05) is 23.6 Å². The summed E-state index contributed by atoms with van der Waals surface area (Å²) in [5, 5.41) is 8.63. The zero-order valence-electron chi connectivity index (χ0n) is 11.7. The van der Waals surface area contributed by atoms with Crippen LogP contribution >= 0.6 is 11.3 Å². The number of carbonyl (C=O) groups excluding carboxylic acids is 2. The van der Waals surface area contributed by atoms with E-state index in [-0.39, 0.29) is 11.8 Å². The molecule has 0 aliphatic heterocycles. The summed E-state index contributed by atoms with van der Waals surface area (Å²) in [4.78, 5) is 23.4. The lowest BCUT2D eigenvalue weighted by Crippen LogP contribution is -2.18. The maximum absolute atomic E-state index is 11.8. The predicted molar refractivity (Wildman–Crippen MR) is 84.7 cm³/mol. The molecule has 0 radical (unpaired) electrons. The van der Waals surface area contributed by atoms with Gasteiger partial charge in [-0.05, 0) is 36.1 Å². The van der Waals surface area contributed by atoms with E-state index in [4.69, 9.17) is 0 Å². The summed E-state index contributed by atoms with van der Waals surface area (Å²) in [7, 11) is 0. The molecule has 0 aliphatic carbocycles. The van der Waals surface area contributed by atoms with Crippen molar-refractivity contribution in [3.63, 3.8) is 0 Å². The third-order valence-corrected chi connectivity index (χ3v) is 3.54. The molecule has 0 fully saturated rings. The molecule has 2 aromatic rings. The zero-order chi connectivity index (χ0) is 15.2. The van der Waals surface area contributed by atoms with Gasteiger partial charge in [0.25, 0.3) is 5.91 Å². The number of hydrazone groups is 1. The molecule has 0 aliphatic rings. The fourth-order valence-corrected chi connectivity index (χ4v) is 2.30. The molecule has 21 heavy (non-hydrogen) atoms. The van der Waals surface area contributed by atoms with Crippen molar-refractivity contribution in [1.82, 2.24) is 5.43 Å². The Morgan fingerprint density at radius 3 is 2.62 bits per heavy atom. The molecule has 0 saturated carbocycles. The monoisotopic (exact) mass is 301 g/mol. The molecule has 1 aromatic carbocycles. The summed E-state index contributed by atoms with van der Waals surface area (Å²) >= 11 is 1.36. The van der Waals surface area contributed by atoms with E-state index in [0.717, 1.165) is 5.56 Å². The summed E-state index contributed by atoms with van der Waals surface area (Å²) in [6.45, 7) is 3.25. The molecule has 5 nitrogen and oxygen atoms in total. The first-order valence-electron chi connectivity index (χ1n) is 6.32. The van der Waals surface area contributed by atoms with Gasteiger partial charge in [-0.25, -0.2) is 5.43 Å². The van der Waals surface area contributed by atoms with Crippen LogP contribution in [0.5, 0.6) is 0 Å². The van der Waals surface area contributed by atoms with Crippen molar-refractivity contribution in [2.45, 2.75) is 13.8 Å². The number of carbonyl (C=O) groups is 2. The SMILES string of the molecule is CC(=O)Nc1cccc(C(C)=NNC(=O)c2cccs2)c1. The molecule has 0 bridgehead atoms. The minimum absolute atomic E-state index is 0.132. The molecule has 108 valence electrons. The van der Waals surface area contributed by atoms with Gasteiger partial charge in [0, 0.05) is 12.6 Å². The summed E-state index contributed by atoms with van der Waals surface area (Å²) < 4.78 is 0. The Kier molecular flexibility index (Phi) is 4.84. The molecular formula is C15H15N3O2S. The van der Waals surface area contributed by atoms with Crippen molar-refractivity contribution >= 4 is 34.6 Å². The number of thiophene rings is 1. The second-order valence-electron chi connectivity index (χ2n) is 4.38. The van der Waals surface area contributed by atoms with Gasteiger partial charge in [-0.15, -0.1) is 11.3 Å². The van der Waals surface area contributed by atoms with Gasteiger partial charge in [-0.2, -0.15) is 5.10 Å². The van der Waals surface area contributed by atoms with Crippen molar-refractivity contribution < 1.29 is 9.59 Å². The molecular weight excluding hydrogens is 286 g/mol. The van der Waals surface area contributed by atoms with Crippen LogP contribution < -0.4 is 10.7 Å². The highest BCUT2D eigenvalue weighted by molar-refractivity contribution is 7.12. The van der Waals surface area contributed by atoms with Gasteiger partial charge in [0.05, 0.1) is 10.6 Å². The quantitative estimate of drug-likeness (QED) is 0.673. The Morgan fingerprint density at radius 1 is 1.14 bits per heavy atom. The highest BCUT2D eigenvalue weighted by Gasteiger charge is 2.06. The van der Waals surface area contributed by atoms with Crippen molar-refractivity contribution in [2.75, 3.05) is 5.32 Å². The molecule has 2 amide bonds. The summed E-state index contributed by atoms with van der Waals surface area (Å²) in [5.74, 6) is -0.366. The third kappa shape index (κ3) is 4.25. The minimum Gasteiger partial charge on any atom is -0.326 e. The molecule has 0 saturated heterocycles. The highest BCUT2D eigenvalue weighted by Crippen LogP contribution is 2.12. The maximum Gasteiger partial charge on any atom is 0.281 e. The second kappa shape index (κ2) is 6.81. The van der Waals surface area contributed by atoms with E-state index in [0.29, 0.717) is 16.3 Å². The van der Waals surface area contributed by atoms with Crippen LogP contribution in [0, 0.1) is 0 Å². The van der Waals surface area contributed by atoms with E-state index in [1.54, 1.807) is 25.1 Å². The molecule has 1 heterocycles. The number of hydrogen-bond donors (Lipinski definition) is 2. The van der Waals surface area contributed by atoms with Gasteiger partial charge < -0.3 is 5.32 Å². The van der Waals surface area contributed by atoms with Crippen molar-refractivity contribution in [1.29, 1.82) is 0 Å². The van der Waals surface area contributed by atoms with Gasteiger partial charge in [-0.1, -0.05) is 18.2 Å². The molecule has 6 heteroatoms. The van der Waals surface area contributed by atoms with Gasteiger partial charge >= 0.3 is 0 Å². The van der Waals surface area contributed by atoms with Crippen LogP contribution in [0.3, 0.4) is 0 Å². The summed E-state index contributed by atoms with van der Waals surface area (Å²) in [6, 6.07) is 10.8. The largest absolute Gasteiger partial charge is 0.326 e.